The molecular formula is C23H21N5O3S. The lowest BCUT2D eigenvalue weighted by Crippen LogP contribution is -2.31. The fraction of sp³-hybridized carbons (Fsp3) is 0.174. The zero-order valence-corrected chi connectivity index (χ0v) is 18.2. The molecule has 2 amide bonds. The molecule has 0 saturated carbocycles. The van der Waals surface area contributed by atoms with E-state index in [1.165, 1.54) is 4.90 Å². The molecule has 1 aliphatic heterocycles. The summed E-state index contributed by atoms with van der Waals surface area (Å²) in [5.41, 5.74) is 8.17. The first-order chi connectivity index (χ1) is 15.6. The maximum absolute atomic E-state index is 12.8. The van der Waals surface area contributed by atoms with Crippen LogP contribution in [-0.4, -0.2) is 40.0 Å². The minimum Gasteiger partial charge on any atom is -0.494 e. The van der Waals surface area contributed by atoms with Crippen molar-refractivity contribution in [2.75, 3.05) is 11.5 Å². The Balaban J connectivity index is 1.43. The lowest BCUT2D eigenvalue weighted by atomic mass is 10.1. The summed E-state index contributed by atoms with van der Waals surface area (Å²) in [6.45, 7) is 2.43. The second-order valence-corrected chi connectivity index (χ2v) is 8.13. The maximum atomic E-state index is 12.8. The Morgan fingerprint density at radius 2 is 2.00 bits per heavy atom. The number of nitrogens with zero attached hydrogens (tertiary/aromatic N) is 4. The van der Waals surface area contributed by atoms with Crippen LogP contribution in [0.3, 0.4) is 0 Å². The predicted octanol–water partition coefficient (Wildman–Crippen LogP) is 3.35. The molecule has 1 atom stereocenters. The number of thioether (sulfide) groups is 1. The van der Waals surface area contributed by atoms with Crippen molar-refractivity contribution in [3.8, 4) is 5.75 Å². The third-order valence-corrected chi connectivity index (χ3v) is 5.79. The van der Waals surface area contributed by atoms with Gasteiger partial charge >= 0.3 is 0 Å². The van der Waals surface area contributed by atoms with Gasteiger partial charge in [0, 0.05) is 23.6 Å². The minimum absolute atomic E-state index is 0.0473. The number of nitrogens with two attached hydrogens (primary N) is 1. The quantitative estimate of drug-likeness (QED) is 0.269. The van der Waals surface area contributed by atoms with Crippen LogP contribution in [0.1, 0.15) is 18.9 Å². The van der Waals surface area contributed by atoms with E-state index in [-0.39, 0.29) is 23.4 Å². The molecule has 0 aliphatic carbocycles. The van der Waals surface area contributed by atoms with E-state index in [9.17, 15) is 9.59 Å². The first-order valence-electron chi connectivity index (χ1n) is 10.0. The van der Waals surface area contributed by atoms with Crippen LogP contribution in [0.15, 0.2) is 71.0 Å². The van der Waals surface area contributed by atoms with Crippen LogP contribution in [0, 0.1) is 0 Å². The summed E-state index contributed by atoms with van der Waals surface area (Å²) in [6, 6.07) is 16.4. The largest absolute Gasteiger partial charge is 0.494 e. The van der Waals surface area contributed by atoms with Crippen LogP contribution in [0.4, 0.5) is 5.69 Å². The molecule has 2 heterocycles. The van der Waals surface area contributed by atoms with Crippen molar-refractivity contribution in [2.45, 2.75) is 18.6 Å². The highest BCUT2D eigenvalue weighted by atomic mass is 32.2. The fourth-order valence-electron chi connectivity index (χ4n) is 3.37. The number of carbonyl (C=O) groups is 2. The average molecular weight is 448 g/mol. The molecule has 3 aromatic rings. The van der Waals surface area contributed by atoms with Gasteiger partial charge in [0.05, 0.1) is 24.0 Å². The Bertz CT molecular complexity index is 1200. The molecule has 2 aromatic carbocycles. The maximum Gasteiger partial charge on any atom is 0.247 e. The Morgan fingerprint density at radius 3 is 2.78 bits per heavy atom. The molecule has 0 radical (unpaired) electrons. The summed E-state index contributed by atoms with van der Waals surface area (Å²) < 4.78 is 5.40. The van der Waals surface area contributed by atoms with Gasteiger partial charge in [-0.3, -0.25) is 14.6 Å². The van der Waals surface area contributed by atoms with Gasteiger partial charge in [-0.15, -0.1) is 5.10 Å². The first kappa shape index (κ1) is 21.5. The number of amides is 2. The molecule has 9 heteroatoms. The number of para-hydroxylation sites is 1. The van der Waals surface area contributed by atoms with Gasteiger partial charge in [0.2, 0.25) is 11.8 Å². The van der Waals surface area contributed by atoms with E-state index in [0.717, 1.165) is 28.2 Å². The number of anilines is 1. The van der Waals surface area contributed by atoms with E-state index < -0.39 is 5.25 Å². The van der Waals surface area contributed by atoms with E-state index in [1.807, 2.05) is 37.3 Å². The zero-order chi connectivity index (χ0) is 22.5. The van der Waals surface area contributed by atoms with Gasteiger partial charge in [0.25, 0.3) is 0 Å². The number of imide groups is 1. The second-order valence-electron chi connectivity index (χ2n) is 6.91. The molecular weight excluding hydrogens is 426 g/mol. The van der Waals surface area contributed by atoms with Gasteiger partial charge in [-0.25, -0.2) is 4.90 Å². The van der Waals surface area contributed by atoms with Gasteiger partial charge in [0.1, 0.15) is 11.0 Å². The second kappa shape index (κ2) is 9.61. The SMILES string of the molecule is CCOc1ccc(N2C(=O)C[C@H](SC(N)=N/N=C\c3ccnc4ccccc34)C2=O)cc1. The summed E-state index contributed by atoms with van der Waals surface area (Å²) in [4.78, 5) is 30.7. The topological polar surface area (TPSA) is 110 Å². The first-order valence-corrected chi connectivity index (χ1v) is 10.9. The fourth-order valence-corrected chi connectivity index (χ4v) is 4.19. The number of carbonyl (C=O) groups excluding carboxylic acids is 2. The normalized spacial score (nSPS) is 17.0. The Hall–Kier alpha value is -3.72. The van der Waals surface area contributed by atoms with Gasteiger partial charge < -0.3 is 10.5 Å². The van der Waals surface area contributed by atoms with Crippen LogP contribution in [0.2, 0.25) is 0 Å². The summed E-state index contributed by atoms with van der Waals surface area (Å²) in [5, 5.41) is 8.45. The van der Waals surface area contributed by atoms with Gasteiger partial charge in [-0.05, 0) is 43.3 Å². The summed E-state index contributed by atoms with van der Waals surface area (Å²) >= 11 is 1.03. The van der Waals surface area contributed by atoms with Crippen molar-refractivity contribution >= 4 is 51.5 Å². The standard InChI is InChI=1S/C23H21N5O3S/c1-2-31-17-9-7-16(8-10-17)28-21(29)13-20(22(28)30)32-23(24)27-26-14-15-11-12-25-19-6-4-3-5-18(15)19/h3-12,14,20H,2,13H2,1H3,(H2,24,27)/b26-14-/t20-/m0/s1. The molecule has 4 rings (SSSR count). The van der Waals surface area contributed by atoms with Crippen LogP contribution < -0.4 is 15.4 Å². The smallest absolute Gasteiger partial charge is 0.247 e. The van der Waals surface area contributed by atoms with Gasteiger partial charge in [-0.1, -0.05) is 30.0 Å². The lowest BCUT2D eigenvalue weighted by molar-refractivity contribution is -0.121. The monoisotopic (exact) mass is 447 g/mol. The number of hydrogen-bond donors (Lipinski definition) is 1. The van der Waals surface area contributed by atoms with Gasteiger partial charge in [0.15, 0.2) is 5.17 Å². The third kappa shape index (κ3) is 4.62. The molecule has 1 aliphatic rings. The number of aromatic nitrogens is 1. The minimum atomic E-state index is -0.644. The summed E-state index contributed by atoms with van der Waals surface area (Å²) in [6.07, 6.45) is 3.33. The third-order valence-electron chi connectivity index (χ3n) is 4.81. The van der Waals surface area contributed by atoms with Gasteiger partial charge in [-0.2, -0.15) is 5.10 Å². The average Bonchev–Trinajstić information content (AvgIpc) is 3.07. The molecule has 1 aromatic heterocycles. The predicted molar refractivity (Wildman–Crippen MR) is 127 cm³/mol. The number of ether oxygens (including phenoxy) is 1. The molecule has 0 bridgehead atoms. The molecule has 0 spiro atoms. The molecule has 8 nitrogen and oxygen atoms in total. The molecule has 1 saturated heterocycles. The number of rotatable bonds is 6. The highest BCUT2D eigenvalue weighted by Crippen LogP contribution is 2.30. The Kier molecular flexibility index (Phi) is 6.46. The van der Waals surface area contributed by atoms with Crippen molar-refractivity contribution < 1.29 is 14.3 Å². The lowest BCUT2D eigenvalue weighted by Gasteiger charge is -2.15. The van der Waals surface area contributed by atoms with E-state index in [4.69, 9.17) is 10.5 Å². The van der Waals surface area contributed by atoms with E-state index in [1.54, 1.807) is 36.7 Å². The van der Waals surface area contributed by atoms with Crippen LogP contribution in [0.25, 0.3) is 10.9 Å². The number of benzene rings is 2. The number of amidine groups is 1. The Labute approximate surface area is 189 Å². The van der Waals surface area contributed by atoms with Crippen molar-refractivity contribution in [2.24, 2.45) is 15.9 Å². The number of hydrogen-bond acceptors (Lipinski definition) is 7. The van der Waals surface area contributed by atoms with E-state index in [2.05, 4.69) is 15.2 Å². The highest BCUT2D eigenvalue weighted by molar-refractivity contribution is 8.14. The summed E-state index contributed by atoms with van der Waals surface area (Å²) in [5.74, 6) is 0.0696. The van der Waals surface area contributed by atoms with Crippen LogP contribution >= 0.6 is 11.8 Å². The van der Waals surface area contributed by atoms with Crippen molar-refractivity contribution in [1.29, 1.82) is 0 Å². The molecule has 0 unspecified atom stereocenters. The summed E-state index contributed by atoms with van der Waals surface area (Å²) in [7, 11) is 0. The zero-order valence-electron chi connectivity index (χ0n) is 17.3. The van der Waals surface area contributed by atoms with E-state index in [0.29, 0.717) is 18.0 Å². The van der Waals surface area contributed by atoms with Crippen molar-refractivity contribution in [3.63, 3.8) is 0 Å². The molecule has 162 valence electrons. The molecule has 32 heavy (non-hydrogen) atoms. The molecule has 2 N–H and O–H groups in total. The van der Waals surface area contributed by atoms with E-state index >= 15 is 0 Å². The van der Waals surface area contributed by atoms with Crippen LogP contribution in [-0.2, 0) is 9.59 Å². The van der Waals surface area contributed by atoms with Crippen molar-refractivity contribution in [1.82, 2.24) is 4.98 Å². The molecule has 1 fully saturated rings. The van der Waals surface area contributed by atoms with Crippen molar-refractivity contribution in [3.05, 3.63) is 66.4 Å². The number of pyridine rings is 1. The van der Waals surface area contributed by atoms with Crippen LogP contribution in [0.5, 0.6) is 5.75 Å². The Morgan fingerprint density at radius 1 is 1.22 bits per heavy atom. The highest BCUT2D eigenvalue weighted by Gasteiger charge is 2.40. The number of fused-ring (bicyclic) bond motifs is 1.